The van der Waals surface area contributed by atoms with Gasteiger partial charge in [-0.1, -0.05) is 19.4 Å². The van der Waals surface area contributed by atoms with E-state index in [0.29, 0.717) is 19.3 Å². The minimum atomic E-state index is -1.82. The van der Waals surface area contributed by atoms with Crippen LogP contribution in [0.25, 0.3) is 0 Å². The molecule has 0 spiro atoms. The molecule has 0 aliphatic heterocycles. The number of thiol groups is 1. The molecule has 0 bridgehead atoms. The first kappa shape index (κ1) is 29.5. The van der Waals surface area contributed by atoms with Gasteiger partial charge in [0, 0.05) is 36.3 Å². The highest BCUT2D eigenvalue weighted by Crippen LogP contribution is 2.66. The lowest BCUT2D eigenvalue weighted by Crippen LogP contribution is -2.61. The Kier molecular flexibility index (Phi) is 8.16. The summed E-state index contributed by atoms with van der Waals surface area (Å²) in [5.74, 6) is -3.70. The quantitative estimate of drug-likeness (QED) is 0.242. The molecule has 11 heteroatoms. The van der Waals surface area contributed by atoms with E-state index in [1.54, 1.807) is 13.0 Å². The molecule has 0 heterocycles. The fraction of sp³-hybridized carbons (Fsp3) is 0.714. The van der Waals surface area contributed by atoms with E-state index in [4.69, 9.17) is 9.84 Å². The molecule has 1 unspecified atom stereocenters. The maximum atomic E-state index is 13.7. The van der Waals surface area contributed by atoms with Crippen molar-refractivity contribution in [2.24, 2.45) is 28.6 Å². The van der Waals surface area contributed by atoms with E-state index in [1.807, 2.05) is 0 Å². The molecule has 214 valence electrons. The summed E-state index contributed by atoms with van der Waals surface area (Å²) in [4.78, 5) is 74.1. The summed E-state index contributed by atoms with van der Waals surface area (Å²) in [5.41, 5.74) is -2.14. The van der Waals surface area contributed by atoms with Gasteiger partial charge in [0.1, 0.15) is 17.4 Å². The first-order valence-electron chi connectivity index (χ1n) is 13.6. The summed E-state index contributed by atoms with van der Waals surface area (Å²) >= 11 is 3.86. The zero-order valence-corrected chi connectivity index (χ0v) is 23.3. The average Bonchev–Trinajstić information content (AvgIpc) is 3.15. The van der Waals surface area contributed by atoms with E-state index < -0.39 is 47.3 Å². The van der Waals surface area contributed by atoms with E-state index in [2.05, 4.69) is 24.9 Å². The van der Waals surface area contributed by atoms with Crippen molar-refractivity contribution in [2.75, 3.05) is 12.4 Å². The first-order chi connectivity index (χ1) is 18.3. The van der Waals surface area contributed by atoms with Crippen LogP contribution in [-0.2, 0) is 33.5 Å². The van der Waals surface area contributed by atoms with Crippen LogP contribution in [-0.4, -0.2) is 69.4 Å². The van der Waals surface area contributed by atoms with Crippen molar-refractivity contribution in [2.45, 2.75) is 83.3 Å². The molecule has 10 nitrogen and oxygen atoms in total. The predicted octanol–water partition coefficient (Wildman–Crippen LogP) is 1.82. The molecular formula is C28H37NO9S. The summed E-state index contributed by atoms with van der Waals surface area (Å²) in [7, 11) is 0. The summed E-state index contributed by atoms with van der Waals surface area (Å²) in [6.45, 7) is 3.19. The third kappa shape index (κ3) is 5.08. The summed E-state index contributed by atoms with van der Waals surface area (Å²) in [6, 6.07) is -1.18. The third-order valence-corrected chi connectivity index (χ3v) is 10.4. The predicted molar refractivity (Wildman–Crippen MR) is 141 cm³/mol. The van der Waals surface area contributed by atoms with Crippen LogP contribution in [0.5, 0.6) is 0 Å². The van der Waals surface area contributed by atoms with Crippen LogP contribution in [0.15, 0.2) is 11.6 Å². The number of allylic oxidation sites excluding steroid dienone is 1. The number of hydrogen-bond acceptors (Lipinski definition) is 9. The number of carbonyl (C=O) groups excluding carboxylic acids is 5. The van der Waals surface area contributed by atoms with Crippen LogP contribution in [0.2, 0.25) is 0 Å². The van der Waals surface area contributed by atoms with Gasteiger partial charge in [-0.2, -0.15) is 12.6 Å². The van der Waals surface area contributed by atoms with Crippen LogP contribution in [0, 0.1) is 28.6 Å². The minimum Gasteiger partial charge on any atom is -0.480 e. The van der Waals surface area contributed by atoms with Crippen LogP contribution in [0.4, 0.5) is 0 Å². The van der Waals surface area contributed by atoms with Crippen molar-refractivity contribution in [3.05, 3.63) is 11.6 Å². The molecule has 1 amide bonds. The van der Waals surface area contributed by atoms with Crippen molar-refractivity contribution in [1.29, 1.82) is 0 Å². The van der Waals surface area contributed by atoms with Gasteiger partial charge in [0.2, 0.25) is 11.7 Å². The first-order valence-corrected chi connectivity index (χ1v) is 14.2. The van der Waals surface area contributed by atoms with Crippen molar-refractivity contribution >= 4 is 47.8 Å². The van der Waals surface area contributed by atoms with Crippen LogP contribution in [0.3, 0.4) is 0 Å². The fourth-order valence-corrected chi connectivity index (χ4v) is 8.10. The summed E-state index contributed by atoms with van der Waals surface area (Å²) in [5, 5.41) is 22.9. The number of Topliss-reactive ketones (excluding diaryl/α,β-unsaturated/α-hetero) is 2. The summed E-state index contributed by atoms with van der Waals surface area (Å²) in [6.07, 6.45) is 4.32. The molecule has 0 aromatic rings. The second kappa shape index (κ2) is 10.8. The Labute approximate surface area is 232 Å². The molecule has 0 saturated heterocycles. The third-order valence-electron chi connectivity index (χ3n) is 10.0. The largest absolute Gasteiger partial charge is 0.480 e. The molecule has 0 aromatic heterocycles. The number of aliphatic hydroxyl groups is 1. The lowest BCUT2D eigenvalue weighted by atomic mass is 9.46. The smallest absolute Gasteiger partial charge is 0.327 e. The number of carboxylic acid groups (broad SMARTS) is 1. The Morgan fingerprint density at radius 1 is 1.13 bits per heavy atom. The number of carbonyl (C=O) groups is 6. The number of nitrogens with one attached hydrogen (secondary N) is 1. The van der Waals surface area contributed by atoms with Crippen molar-refractivity contribution in [1.82, 2.24) is 5.32 Å². The lowest BCUT2D eigenvalue weighted by Gasteiger charge is -2.57. The van der Waals surface area contributed by atoms with Crippen molar-refractivity contribution in [3.8, 4) is 0 Å². The number of esters is 1. The molecular weight excluding hydrogens is 526 g/mol. The van der Waals surface area contributed by atoms with Gasteiger partial charge in [0.05, 0.1) is 6.42 Å². The monoisotopic (exact) mass is 563 g/mol. The van der Waals surface area contributed by atoms with Crippen molar-refractivity contribution in [3.63, 3.8) is 0 Å². The van der Waals surface area contributed by atoms with Crippen LogP contribution >= 0.6 is 12.6 Å². The van der Waals surface area contributed by atoms with E-state index in [9.17, 15) is 33.9 Å². The summed E-state index contributed by atoms with van der Waals surface area (Å²) < 4.78 is 5.08. The number of fused-ring (bicyclic) bond motifs is 5. The number of ketones is 3. The molecule has 0 radical (unpaired) electrons. The molecule has 4 rings (SSSR count). The minimum absolute atomic E-state index is 0.00127. The lowest BCUT2D eigenvalue weighted by molar-refractivity contribution is -0.173. The maximum absolute atomic E-state index is 13.7. The molecule has 3 saturated carbocycles. The van der Waals surface area contributed by atoms with Gasteiger partial charge in [-0.3, -0.25) is 24.0 Å². The van der Waals surface area contributed by atoms with E-state index in [0.717, 1.165) is 18.4 Å². The number of amides is 1. The van der Waals surface area contributed by atoms with Gasteiger partial charge in [-0.25, -0.2) is 4.79 Å². The Morgan fingerprint density at radius 3 is 2.51 bits per heavy atom. The zero-order chi connectivity index (χ0) is 28.8. The van der Waals surface area contributed by atoms with Gasteiger partial charge < -0.3 is 20.3 Å². The SMILES string of the molecule is C[C@]12CCC(=O)C=C1CC[C@@H]1[C@@H]2C(=O)C[C@@]2(C)[C@H]1CC[C@]2(O)C(=O)COC(=O)CCC(=O)NC(CS)C(=O)O. The van der Waals surface area contributed by atoms with Gasteiger partial charge in [-0.05, 0) is 55.4 Å². The average molecular weight is 564 g/mol. The number of carboxylic acids is 1. The normalized spacial score (nSPS) is 36.1. The highest BCUT2D eigenvalue weighted by Gasteiger charge is 2.68. The zero-order valence-electron chi connectivity index (χ0n) is 22.4. The molecule has 0 aromatic carbocycles. The molecule has 3 fully saturated rings. The van der Waals surface area contributed by atoms with Crippen LogP contribution < -0.4 is 5.32 Å². The Balaban J connectivity index is 1.39. The highest BCUT2D eigenvalue weighted by atomic mass is 32.1. The number of rotatable bonds is 9. The Hall–Kier alpha value is -2.53. The maximum Gasteiger partial charge on any atom is 0.327 e. The number of ether oxygens (including phenoxy) is 1. The topological polar surface area (TPSA) is 164 Å². The number of aliphatic carboxylic acids is 1. The number of hydrogen-bond donors (Lipinski definition) is 4. The van der Waals surface area contributed by atoms with E-state index in [-0.39, 0.29) is 66.2 Å². The second-order valence-electron chi connectivity index (χ2n) is 12.0. The van der Waals surface area contributed by atoms with Gasteiger partial charge in [0.25, 0.3) is 0 Å². The standard InChI is InChI=1S/C28H37NO9S/c1-26-9-7-16(30)11-15(26)3-4-17-18-8-10-28(37,27(18,2)12-20(31)24(17)26)21(32)13-38-23(34)6-5-22(33)29-19(14-39)25(35)36/h11,17-19,24,37,39H,3-10,12-14H2,1-2H3,(H,29,33)(H,35,36)/t17-,18-,19?,24+,26-,27-,28-/m0/s1. The Morgan fingerprint density at radius 2 is 1.85 bits per heavy atom. The van der Waals surface area contributed by atoms with Gasteiger partial charge in [-0.15, -0.1) is 0 Å². The molecule has 4 aliphatic rings. The fourth-order valence-electron chi connectivity index (χ4n) is 7.85. The highest BCUT2D eigenvalue weighted by molar-refractivity contribution is 7.80. The van der Waals surface area contributed by atoms with E-state index >= 15 is 0 Å². The molecule has 3 N–H and O–H groups in total. The van der Waals surface area contributed by atoms with Crippen LogP contribution in [0.1, 0.15) is 71.6 Å². The van der Waals surface area contributed by atoms with E-state index in [1.165, 1.54) is 0 Å². The van der Waals surface area contributed by atoms with Gasteiger partial charge >= 0.3 is 11.9 Å². The molecule has 4 aliphatic carbocycles. The molecule has 7 atom stereocenters. The second-order valence-corrected chi connectivity index (χ2v) is 12.4. The molecule has 39 heavy (non-hydrogen) atoms. The van der Waals surface area contributed by atoms with Gasteiger partial charge in [0.15, 0.2) is 12.4 Å². The van der Waals surface area contributed by atoms with Crippen molar-refractivity contribution < 1.29 is 43.7 Å². The Bertz CT molecular complexity index is 1130.